The Kier molecular flexibility index (Phi) is 7.11. The van der Waals surface area contributed by atoms with Crippen molar-refractivity contribution in [1.29, 1.82) is 0 Å². The lowest BCUT2D eigenvalue weighted by Gasteiger charge is -2.18. The van der Waals surface area contributed by atoms with E-state index in [0.29, 0.717) is 5.56 Å². The SMILES string of the molecule is COC(=O)C[C@H](NS(=O)(=O)c1ccc(C(=O)OC)cc1)c1ccc(Br)cc1. The number of sulfonamides is 1. The number of carbonyl (C=O) groups excluding carboxylic acids is 2. The van der Waals surface area contributed by atoms with Gasteiger partial charge in [0.25, 0.3) is 0 Å². The molecule has 1 N–H and O–H groups in total. The van der Waals surface area contributed by atoms with E-state index in [2.05, 4.69) is 30.1 Å². The maximum atomic E-state index is 12.7. The fourth-order valence-corrected chi connectivity index (χ4v) is 3.80. The number of carbonyl (C=O) groups is 2. The second-order valence-corrected chi connectivity index (χ2v) is 8.15. The largest absolute Gasteiger partial charge is 0.469 e. The highest BCUT2D eigenvalue weighted by Crippen LogP contribution is 2.23. The van der Waals surface area contributed by atoms with Crippen molar-refractivity contribution in [2.24, 2.45) is 0 Å². The molecule has 0 radical (unpaired) electrons. The average molecular weight is 456 g/mol. The molecular formula is C18H18BrNO6S. The van der Waals surface area contributed by atoms with Gasteiger partial charge < -0.3 is 9.47 Å². The van der Waals surface area contributed by atoms with Crippen LogP contribution in [0, 0.1) is 0 Å². The van der Waals surface area contributed by atoms with Crippen LogP contribution < -0.4 is 4.72 Å². The summed E-state index contributed by atoms with van der Waals surface area (Å²) in [6, 6.07) is 11.4. The number of nitrogens with one attached hydrogen (secondary N) is 1. The van der Waals surface area contributed by atoms with E-state index >= 15 is 0 Å². The van der Waals surface area contributed by atoms with E-state index in [-0.39, 0.29) is 16.9 Å². The molecule has 2 aromatic carbocycles. The van der Waals surface area contributed by atoms with E-state index in [1.54, 1.807) is 24.3 Å². The summed E-state index contributed by atoms with van der Waals surface area (Å²) in [5.74, 6) is -1.11. The number of hydrogen-bond donors (Lipinski definition) is 1. The predicted octanol–water partition coefficient (Wildman–Crippen LogP) is 2.82. The summed E-state index contributed by atoms with van der Waals surface area (Å²) >= 11 is 3.31. The van der Waals surface area contributed by atoms with Crippen LogP contribution >= 0.6 is 15.9 Å². The lowest BCUT2D eigenvalue weighted by atomic mass is 10.1. The van der Waals surface area contributed by atoms with Crippen molar-refractivity contribution in [2.75, 3.05) is 14.2 Å². The highest BCUT2D eigenvalue weighted by atomic mass is 79.9. The van der Waals surface area contributed by atoms with Gasteiger partial charge in [0.2, 0.25) is 10.0 Å². The number of hydrogen-bond acceptors (Lipinski definition) is 6. The maximum Gasteiger partial charge on any atom is 0.337 e. The summed E-state index contributed by atoms with van der Waals surface area (Å²) in [4.78, 5) is 23.2. The van der Waals surface area contributed by atoms with Crippen molar-refractivity contribution in [1.82, 2.24) is 4.72 Å². The molecule has 9 heteroatoms. The van der Waals surface area contributed by atoms with Gasteiger partial charge in [0, 0.05) is 4.47 Å². The molecule has 0 aliphatic rings. The molecule has 0 heterocycles. The minimum atomic E-state index is -3.94. The molecule has 0 aliphatic carbocycles. The molecule has 0 amide bonds. The number of esters is 2. The minimum Gasteiger partial charge on any atom is -0.469 e. The van der Waals surface area contributed by atoms with E-state index in [0.717, 1.165) is 4.47 Å². The van der Waals surface area contributed by atoms with Crippen LogP contribution in [0.1, 0.15) is 28.4 Å². The van der Waals surface area contributed by atoms with Crippen LogP contribution in [0.3, 0.4) is 0 Å². The first-order valence-electron chi connectivity index (χ1n) is 7.80. The third-order valence-corrected chi connectivity index (χ3v) is 5.77. The Morgan fingerprint density at radius 2 is 1.59 bits per heavy atom. The van der Waals surface area contributed by atoms with Crippen LogP contribution in [0.15, 0.2) is 57.9 Å². The third-order valence-electron chi connectivity index (χ3n) is 3.75. The molecule has 2 rings (SSSR count). The van der Waals surface area contributed by atoms with Gasteiger partial charge in [-0.15, -0.1) is 0 Å². The Morgan fingerprint density at radius 1 is 1.00 bits per heavy atom. The lowest BCUT2D eigenvalue weighted by molar-refractivity contribution is -0.141. The van der Waals surface area contributed by atoms with Crippen LogP contribution in [0.2, 0.25) is 0 Å². The summed E-state index contributed by atoms with van der Waals surface area (Å²) in [6.45, 7) is 0. The van der Waals surface area contributed by atoms with Crippen molar-refractivity contribution >= 4 is 37.9 Å². The van der Waals surface area contributed by atoms with Crippen molar-refractivity contribution in [2.45, 2.75) is 17.4 Å². The first-order chi connectivity index (χ1) is 12.8. The van der Waals surface area contributed by atoms with Gasteiger partial charge in [-0.1, -0.05) is 28.1 Å². The number of benzene rings is 2. The van der Waals surface area contributed by atoms with Gasteiger partial charge >= 0.3 is 11.9 Å². The van der Waals surface area contributed by atoms with Gasteiger partial charge in [0.1, 0.15) is 0 Å². The zero-order valence-corrected chi connectivity index (χ0v) is 17.0. The van der Waals surface area contributed by atoms with Crippen LogP contribution in [0.4, 0.5) is 0 Å². The van der Waals surface area contributed by atoms with E-state index < -0.39 is 28.0 Å². The van der Waals surface area contributed by atoms with Gasteiger partial charge in [-0.25, -0.2) is 17.9 Å². The zero-order valence-electron chi connectivity index (χ0n) is 14.6. The Morgan fingerprint density at radius 3 is 2.11 bits per heavy atom. The van der Waals surface area contributed by atoms with E-state index in [9.17, 15) is 18.0 Å². The van der Waals surface area contributed by atoms with Crippen molar-refractivity contribution < 1.29 is 27.5 Å². The molecule has 0 unspecified atom stereocenters. The fraction of sp³-hybridized carbons (Fsp3) is 0.222. The first-order valence-corrected chi connectivity index (χ1v) is 10.1. The van der Waals surface area contributed by atoms with Crippen LogP contribution in [-0.2, 0) is 24.3 Å². The Balaban J connectivity index is 2.30. The van der Waals surface area contributed by atoms with Gasteiger partial charge in [-0.3, -0.25) is 4.79 Å². The molecule has 0 spiro atoms. The average Bonchev–Trinajstić information content (AvgIpc) is 2.67. The minimum absolute atomic E-state index is 0.0397. The Labute approximate surface area is 165 Å². The van der Waals surface area contributed by atoms with Gasteiger partial charge in [0.15, 0.2) is 0 Å². The number of rotatable bonds is 7. The second-order valence-electron chi connectivity index (χ2n) is 5.52. The lowest BCUT2D eigenvalue weighted by Crippen LogP contribution is -2.30. The van der Waals surface area contributed by atoms with Crippen molar-refractivity contribution in [3.63, 3.8) is 0 Å². The second kappa shape index (κ2) is 9.12. The summed E-state index contributed by atoms with van der Waals surface area (Å²) in [5, 5.41) is 0. The molecular weight excluding hydrogens is 438 g/mol. The molecule has 0 bridgehead atoms. The van der Waals surface area contributed by atoms with E-state index in [4.69, 9.17) is 0 Å². The van der Waals surface area contributed by atoms with E-state index in [1.807, 2.05) is 0 Å². The van der Waals surface area contributed by atoms with Gasteiger partial charge in [0.05, 0.1) is 37.1 Å². The first kappa shape index (κ1) is 21.1. The van der Waals surface area contributed by atoms with Crippen molar-refractivity contribution in [3.8, 4) is 0 Å². The highest BCUT2D eigenvalue weighted by molar-refractivity contribution is 9.10. The summed E-state index contributed by atoms with van der Waals surface area (Å²) in [5.41, 5.74) is 0.842. The molecule has 7 nitrogen and oxygen atoms in total. The monoisotopic (exact) mass is 455 g/mol. The molecule has 27 heavy (non-hydrogen) atoms. The zero-order chi connectivity index (χ0) is 20.0. The third kappa shape index (κ3) is 5.62. The standard InChI is InChI=1S/C18H18BrNO6S/c1-25-17(21)11-16(12-3-7-14(19)8-4-12)20-27(23,24)15-9-5-13(6-10-15)18(22)26-2/h3-10,16,20H,11H2,1-2H3/t16-/m0/s1. The smallest absolute Gasteiger partial charge is 0.337 e. The Hall–Kier alpha value is -2.23. The number of methoxy groups -OCH3 is 2. The normalized spacial score (nSPS) is 12.3. The number of ether oxygens (including phenoxy) is 2. The van der Waals surface area contributed by atoms with E-state index in [1.165, 1.54) is 38.5 Å². The Bertz CT molecular complexity index is 910. The molecule has 0 aliphatic heterocycles. The molecule has 0 saturated carbocycles. The topological polar surface area (TPSA) is 98.8 Å². The molecule has 0 fully saturated rings. The fourth-order valence-electron chi connectivity index (χ4n) is 2.32. The molecule has 2 aromatic rings. The molecule has 0 aromatic heterocycles. The molecule has 0 saturated heterocycles. The molecule has 1 atom stereocenters. The summed E-state index contributed by atoms with van der Waals surface area (Å²) in [6.07, 6.45) is -0.169. The van der Waals surface area contributed by atoms with Gasteiger partial charge in [-0.2, -0.15) is 0 Å². The van der Waals surface area contributed by atoms with Crippen LogP contribution in [0.5, 0.6) is 0 Å². The van der Waals surface area contributed by atoms with Crippen molar-refractivity contribution in [3.05, 3.63) is 64.1 Å². The summed E-state index contributed by atoms with van der Waals surface area (Å²) < 4.78 is 38.0. The quantitative estimate of drug-likeness (QED) is 0.644. The highest BCUT2D eigenvalue weighted by Gasteiger charge is 2.24. The maximum absolute atomic E-state index is 12.7. The van der Waals surface area contributed by atoms with Crippen LogP contribution in [-0.4, -0.2) is 34.6 Å². The number of halogens is 1. The summed E-state index contributed by atoms with van der Waals surface area (Å²) in [7, 11) is -1.47. The predicted molar refractivity (Wildman–Crippen MR) is 102 cm³/mol. The van der Waals surface area contributed by atoms with Gasteiger partial charge in [-0.05, 0) is 42.0 Å². The molecule has 144 valence electrons. The van der Waals surface area contributed by atoms with Crippen LogP contribution in [0.25, 0.3) is 0 Å².